The lowest BCUT2D eigenvalue weighted by Crippen LogP contribution is -2.10. The van der Waals surface area contributed by atoms with Gasteiger partial charge >= 0.3 is 5.97 Å². The maximum Gasteiger partial charge on any atom is 0.358 e. The van der Waals surface area contributed by atoms with E-state index in [4.69, 9.17) is 16.3 Å². The Morgan fingerprint density at radius 2 is 2.24 bits per heavy atom. The highest BCUT2D eigenvalue weighted by molar-refractivity contribution is 6.34. The van der Waals surface area contributed by atoms with Crippen LogP contribution in [0.2, 0.25) is 5.02 Å². The Bertz CT molecular complexity index is 426. The molecule has 0 aliphatic carbocycles. The number of esters is 1. The van der Waals surface area contributed by atoms with Crippen molar-refractivity contribution < 1.29 is 23.0 Å². The van der Waals surface area contributed by atoms with E-state index in [0.717, 1.165) is 6.07 Å². The van der Waals surface area contributed by atoms with E-state index < -0.39 is 18.1 Å². The van der Waals surface area contributed by atoms with E-state index in [2.05, 4.69) is 9.72 Å². The van der Waals surface area contributed by atoms with Gasteiger partial charge in [-0.05, 0) is 6.92 Å². The Hall–Kier alpha value is -1.43. The number of halogens is 3. The quantitative estimate of drug-likeness (QED) is 0.786. The summed E-state index contributed by atoms with van der Waals surface area (Å²) in [6, 6.07) is 0.982. The zero-order valence-corrected chi connectivity index (χ0v) is 9.92. The van der Waals surface area contributed by atoms with Gasteiger partial charge in [0.15, 0.2) is 5.69 Å². The number of rotatable bonds is 4. The number of alkyl halides is 2. The first kappa shape index (κ1) is 13.6. The Labute approximate surface area is 101 Å². The normalized spacial score (nSPS) is 10.5. The number of carbonyl (C=O) groups is 1. The molecule has 1 rings (SSSR count). The Kier molecular flexibility index (Phi) is 4.62. The van der Waals surface area contributed by atoms with Crippen molar-refractivity contribution in [1.82, 2.24) is 4.98 Å². The Balaban J connectivity index is 3.27. The molecule has 0 bridgehead atoms. The van der Waals surface area contributed by atoms with E-state index in [0.29, 0.717) is 0 Å². The number of methoxy groups -OCH3 is 1. The highest BCUT2D eigenvalue weighted by Crippen LogP contribution is 2.31. The highest BCUT2D eigenvalue weighted by atomic mass is 35.5. The van der Waals surface area contributed by atoms with Crippen molar-refractivity contribution in [2.24, 2.45) is 0 Å². The number of hydrogen-bond acceptors (Lipinski definition) is 4. The molecule has 0 atom stereocenters. The van der Waals surface area contributed by atoms with Crippen molar-refractivity contribution in [3.8, 4) is 5.75 Å². The monoisotopic (exact) mass is 265 g/mol. The van der Waals surface area contributed by atoms with Gasteiger partial charge < -0.3 is 9.47 Å². The van der Waals surface area contributed by atoms with Crippen LogP contribution in [-0.2, 0) is 4.74 Å². The molecule has 0 fully saturated rings. The van der Waals surface area contributed by atoms with Crippen LogP contribution in [0.25, 0.3) is 0 Å². The average Bonchev–Trinajstić information content (AvgIpc) is 2.29. The standard InChI is InChI=1S/C10H10ClF2NO3/c1-3-17-10(15)8-7(11)6(16-2)4-5(14-8)9(12)13/h4,9H,3H2,1-2H3. The molecule has 0 aliphatic rings. The van der Waals surface area contributed by atoms with Crippen molar-refractivity contribution in [3.63, 3.8) is 0 Å². The maximum absolute atomic E-state index is 12.5. The van der Waals surface area contributed by atoms with Crippen molar-refractivity contribution in [2.45, 2.75) is 13.3 Å². The summed E-state index contributed by atoms with van der Waals surface area (Å²) >= 11 is 5.78. The van der Waals surface area contributed by atoms with Gasteiger partial charge in [0, 0.05) is 6.07 Å². The predicted molar refractivity (Wildman–Crippen MR) is 56.7 cm³/mol. The molecule has 0 aliphatic heterocycles. The second kappa shape index (κ2) is 5.77. The number of carbonyl (C=O) groups excluding carboxylic acids is 1. The zero-order valence-electron chi connectivity index (χ0n) is 9.17. The highest BCUT2D eigenvalue weighted by Gasteiger charge is 2.22. The summed E-state index contributed by atoms with van der Waals surface area (Å²) < 4.78 is 34.5. The number of nitrogens with zero attached hydrogens (tertiary/aromatic N) is 1. The summed E-state index contributed by atoms with van der Waals surface area (Å²) in [4.78, 5) is 14.9. The molecule has 1 aromatic heterocycles. The molecule has 4 nitrogen and oxygen atoms in total. The SMILES string of the molecule is CCOC(=O)c1nc(C(F)F)cc(OC)c1Cl. The fourth-order valence-corrected chi connectivity index (χ4v) is 1.37. The van der Waals surface area contributed by atoms with E-state index in [1.807, 2.05) is 0 Å². The largest absolute Gasteiger partial charge is 0.495 e. The number of hydrogen-bond donors (Lipinski definition) is 0. The van der Waals surface area contributed by atoms with E-state index in [-0.39, 0.29) is 23.1 Å². The van der Waals surface area contributed by atoms with Crippen LogP contribution in [0.3, 0.4) is 0 Å². The van der Waals surface area contributed by atoms with Crippen LogP contribution < -0.4 is 4.74 Å². The molecule has 7 heteroatoms. The minimum atomic E-state index is -2.82. The molecule has 0 spiro atoms. The number of ether oxygens (including phenoxy) is 2. The Morgan fingerprint density at radius 3 is 2.71 bits per heavy atom. The third kappa shape index (κ3) is 3.03. The van der Waals surface area contributed by atoms with Gasteiger partial charge in [-0.3, -0.25) is 0 Å². The number of pyridine rings is 1. The molecule has 0 unspecified atom stereocenters. The van der Waals surface area contributed by atoms with Gasteiger partial charge in [-0.25, -0.2) is 18.6 Å². The first-order valence-corrected chi connectivity index (χ1v) is 5.08. The van der Waals surface area contributed by atoms with Crippen LogP contribution in [-0.4, -0.2) is 24.7 Å². The minimum Gasteiger partial charge on any atom is -0.495 e. The van der Waals surface area contributed by atoms with Crippen molar-refractivity contribution in [1.29, 1.82) is 0 Å². The summed E-state index contributed by atoms with van der Waals surface area (Å²) in [5.41, 5.74) is -0.961. The van der Waals surface area contributed by atoms with Crippen LogP contribution in [0.15, 0.2) is 6.07 Å². The zero-order chi connectivity index (χ0) is 13.0. The van der Waals surface area contributed by atoms with Gasteiger partial charge in [0.2, 0.25) is 0 Å². The summed E-state index contributed by atoms with van der Waals surface area (Å²) in [6.45, 7) is 1.68. The van der Waals surface area contributed by atoms with Gasteiger partial charge in [0.05, 0.1) is 13.7 Å². The molecule has 1 aromatic rings. The molecule has 0 amide bonds. The molecule has 17 heavy (non-hydrogen) atoms. The topological polar surface area (TPSA) is 48.4 Å². The lowest BCUT2D eigenvalue weighted by molar-refractivity contribution is 0.0517. The fraction of sp³-hybridized carbons (Fsp3) is 0.400. The second-order valence-corrected chi connectivity index (χ2v) is 3.31. The van der Waals surface area contributed by atoms with Crippen LogP contribution in [0.1, 0.15) is 29.5 Å². The molecule has 0 saturated carbocycles. The van der Waals surface area contributed by atoms with Crippen LogP contribution in [0.5, 0.6) is 5.75 Å². The lowest BCUT2D eigenvalue weighted by atomic mass is 10.2. The second-order valence-electron chi connectivity index (χ2n) is 2.93. The summed E-state index contributed by atoms with van der Waals surface area (Å²) in [5, 5.41) is -0.143. The van der Waals surface area contributed by atoms with Crippen LogP contribution in [0, 0.1) is 0 Å². The first-order valence-electron chi connectivity index (χ1n) is 4.71. The van der Waals surface area contributed by atoms with Crippen molar-refractivity contribution >= 4 is 17.6 Å². The van der Waals surface area contributed by atoms with Gasteiger partial charge in [-0.15, -0.1) is 0 Å². The molecule has 0 radical (unpaired) electrons. The van der Waals surface area contributed by atoms with Crippen molar-refractivity contribution in [3.05, 3.63) is 22.5 Å². The van der Waals surface area contributed by atoms with E-state index in [1.54, 1.807) is 6.92 Å². The molecule has 0 saturated heterocycles. The van der Waals surface area contributed by atoms with Crippen LogP contribution in [0.4, 0.5) is 8.78 Å². The summed E-state index contributed by atoms with van der Waals surface area (Å²) in [6.07, 6.45) is -2.82. The minimum absolute atomic E-state index is 0.0416. The molecular formula is C10H10ClF2NO3. The van der Waals surface area contributed by atoms with Gasteiger partial charge in [-0.1, -0.05) is 11.6 Å². The number of aromatic nitrogens is 1. The summed E-state index contributed by atoms with van der Waals surface area (Å²) in [7, 11) is 1.26. The van der Waals surface area contributed by atoms with Crippen molar-refractivity contribution in [2.75, 3.05) is 13.7 Å². The molecule has 1 heterocycles. The van der Waals surface area contributed by atoms with E-state index >= 15 is 0 Å². The Morgan fingerprint density at radius 1 is 1.59 bits per heavy atom. The van der Waals surface area contributed by atoms with E-state index in [1.165, 1.54) is 7.11 Å². The molecule has 0 aromatic carbocycles. The van der Waals surface area contributed by atoms with Gasteiger partial charge in [-0.2, -0.15) is 0 Å². The molecular weight excluding hydrogens is 256 g/mol. The lowest BCUT2D eigenvalue weighted by Gasteiger charge is -2.10. The first-order chi connectivity index (χ1) is 8.01. The van der Waals surface area contributed by atoms with Gasteiger partial charge in [0.25, 0.3) is 6.43 Å². The smallest absolute Gasteiger partial charge is 0.358 e. The predicted octanol–water partition coefficient (Wildman–Crippen LogP) is 2.86. The fourth-order valence-electron chi connectivity index (χ4n) is 1.12. The average molecular weight is 266 g/mol. The molecule has 94 valence electrons. The maximum atomic E-state index is 12.5. The molecule has 0 N–H and O–H groups in total. The van der Waals surface area contributed by atoms with Crippen LogP contribution >= 0.6 is 11.6 Å². The van der Waals surface area contributed by atoms with Gasteiger partial charge in [0.1, 0.15) is 16.5 Å². The summed E-state index contributed by atoms with van der Waals surface area (Å²) in [5.74, 6) is -0.904. The third-order valence-corrected chi connectivity index (χ3v) is 2.22. The third-order valence-electron chi connectivity index (χ3n) is 1.86. The van der Waals surface area contributed by atoms with E-state index in [9.17, 15) is 13.6 Å².